The van der Waals surface area contributed by atoms with Crippen molar-refractivity contribution in [1.29, 1.82) is 0 Å². The van der Waals surface area contributed by atoms with Crippen molar-refractivity contribution in [3.05, 3.63) is 22.6 Å². The van der Waals surface area contributed by atoms with Gasteiger partial charge in [0.25, 0.3) is 0 Å². The Kier molecular flexibility index (Phi) is 3.66. The Labute approximate surface area is 103 Å². The van der Waals surface area contributed by atoms with Crippen molar-refractivity contribution in [1.82, 2.24) is 10.2 Å². The molecule has 1 atom stereocenters. The molecule has 4 nitrogen and oxygen atoms in total. The normalized spacial score (nSPS) is 22.9. The molecule has 0 unspecified atom stereocenters. The van der Waals surface area contributed by atoms with Gasteiger partial charge < -0.3 is 9.73 Å². The third-order valence-corrected chi connectivity index (χ3v) is 3.26. The largest absolute Gasteiger partial charge is 0.453 e. The van der Waals surface area contributed by atoms with Crippen LogP contribution in [0.3, 0.4) is 0 Å². The Hall–Kier alpha value is -0.810. The van der Waals surface area contributed by atoms with Gasteiger partial charge >= 0.3 is 0 Å². The first-order valence-corrected chi connectivity index (χ1v) is 6.22. The summed E-state index contributed by atoms with van der Waals surface area (Å²) >= 11 is 3.27. The van der Waals surface area contributed by atoms with Gasteiger partial charge in [0.15, 0.2) is 4.67 Å². The lowest BCUT2D eigenvalue weighted by Crippen LogP contribution is -2.41. The lowest BCUT2D eigenvalue weighted by atomic mass is 10.2. The predicted molar refractivity (Wildman–Crippen MR) is 63.9 cm³/mol. The molecule has 1 aliphatic heterocycles. The van der Waals surface area contributed by atoms with Crippen LogP contribution in [-0.2, 0) is 11.3 Å². The second kappa shape index (κ2) is 5.01. The number of hydrogen-bond donors (Lipinski definition) is 1. The summed E-state index contributed by atoms with van der Waals surface area (Å²) in [5, 5.41) is 2.89. The molecule has 1 aromatic heterocycles. The number of carbonyl (C=O) groups is 1. The standard InChI is InChI=1S/C11H15BrN2O2/c1-8-11(15)13-5-2-6-14(8)7-9-3-4-10(12)16-9/h3-4,8H,2,5-7H2,1H3,(H,13,15)/t8-/m0/s1. The van der Waals surface area contributed by atoms with E-state index in [4.69, 9.17) is 4.42 Å². The number of halogens is 1. The summed E-state index contributed by atoms with van der Waals surface area (Å²) in [7, 11) is 0. The third-order valence-electron chi connectivity index (χ3n) is 2.84. The molecule has 88 valence electrons. The third kappa shape index (κ3) is 2.65. The highest BCUT2D eigenvalue weighted by Gasteiger charge is 2.24. The quantitative estimate of drug-likeness (QED) is 0.901. The molecule has 0 saturated carbocycles. The molecule has 0 radical (unpaired) electrons. The van der Waals surface area contributed by atoms with Crippen LogP contribution >= 0.6 is 15.9 Å². The molecule has 16 heavy (non-hydrogen) atoms. The lowest BCUT2D eigenvalue weighted by Gasteiger charge is -2.23. The minimum absolute atomic E-state index is 0.0913. The number of amides is 1. The Balaban J connectivity index is 2.04. The molecule has 0 aliphatic carbocycles. The maximum Gasteiger partial charge on any atom is 0.237 e. The Morgan fingerprint density at radius 2 is 2.44 bits per heavy atom. The highest BCUT2D eigenvalue weighted by Crippen LogP contribution is 2.17. The molecule has 1 N–H and O–H groups in total. The maximum atomic E-state index is 11.6. The predicted octanol–water partition coefficient (Wildman–Crippen LogP) is 1.75. The van der Waals surface area contributed by atoms with Crippen molar-refractivity contribution in [2.24, 2.45) is 0 Å². The average Bonchev–Trinajstić information content (AvgIpc) is 2.60. The van der Waals surface area contributed by atoms with Crippen LogP contribution in [0.25, 0.3) is 0 Å². The minimum atomic E-state index is -0.0913. The van der Waals surface area contributed by atoms with Gasteiger partial charge in [0.05, 0.1) is 12.6 Å². The summed E-state index contributed by atoms with van der Waals surface area (Å²) in [4.78, 5) is 13.8. The van der Waals surface area contributed by atoms with E-state index in [-0.39, 0.29) is 11.9 Å². The van der Waals surface area contributed by atoms with Crippen molar-refractivity contribution in [2.45, 2.75) is 25.9 Å². The summed E-state index contributed by atoms with van der Waals surface area (Å²) in [6, 6.07) is 3.71. The topological polar surface area (TPSA) is 45.5 Å². The fraction of sp³-hybridized carbons (Fsp3) is 0.545. The van der Waals surface area contributed by atoms with E-state index < -0.39 is 0 Å². The zero-order chi connectivity index (χ0) is 11.5. The SMILES string of the molecule is C[C@H]1C(=O)NCCCN1Cc1ccc(Br)o1. The second-order valence-corrected chi connectivity index (χ2v) is 4.78. The van der Waals surface area contributed by atoms with Crippen LogP contribution in [0, 0.1) is 0 Å². The molecule has 2 rings (SSSR count). The smallest absolute Gasteiger partial charge is 0.237 e. The minimum Gasteiger partial charge on any atom is -0.453 e. The van der Waals surface area contributed by atoms with E-state index in [2.05, 4.69) is 26.1 Å². The zero-order valence-electron chi connectivity index (χ0n) is 9.20. The van der Waals surface area contributed by atoms with Crippen LogP contribution in [0.1, 0.15) is 19.1 Å². The zero-order valence-corrected chi connectivity index (χ0v) is 10.8. The summed E-state index contributed by atoms with van der Waals surface area (Å²) in [5.41, 5.74) is 0. The molecule has 1 aliphatic rings. The first kappa shape index (κ1) is 11.7. The average molecular weight is 287 g/mol. The van der Waals surface area contributed by atoms with Crippen LogP contribution in [0.5, 0.6) is 0 Å². The fourth-order valence-electron chi connectivity index (χ4n) is 1.85. The molecule has 1 fully saturated rings. The number of carbonyl (C=O) groups excluding carboxylic acids is 1. The molecule has 0 aromatic carbocycles. The monoisotopic (exact) mass is 286 g/mol. The van der Waals surface area contributed by atoms with Crippen molar-refractivity contribution in [2.75, 3.05) is 13.1 Å². The van der Waals surface area contributed by atoms with Crippen molar-refractivity contribution < 1.29 is 9.21 Å². The van der Waals surface area contributed by atoms with Gasteiger partial charge in [-0.3, -0.25) is 9.69 Å². The molecule has 1 amide bonds. The second-order valence-electron chi connectivity index (χ2n) is 4.00. The van der Waals surface area contributed by atoms with Crippen LogP contribution in [0.15, 0.2) is 21.2 Å². The number of furan rings is 1. The molecule has 5 heteroatoms. The highest BCUT2D eigenvalue weighted by molar-refractivity contribution is 9.10. The molecular weight excluding hydrogens is 272 g/mol. The number of nitrogens with one attached hydrogen (secondary N) is 1. The Morgan fingerprint density at radius 3 is 3.12 bits per heavy atom. The fourth-order valence-corrected chi connectivity index (χ4v) is 2.19. The van der Waals surface area contributed by atoms with Gasteiger partial charge in [-0.1, -0.05) is 0 Å². The first-order valence-electron chi connectivity index (χ1n) is 5.43. The van der Waals surface area contributed by atoms with Crippen molar-refractivity contribution >= 4 is 21.8 Å². The van der Waals surface area contributed by atoms with E-state index in [0.29, 0.717) is 6.54 Å². The van der Waals surface area contributed by atoms with Gasteiger partial charge in [-0.15, -0.1) is 0 Å². The molecule has 0 bridgehead atoms. The molecule has 1 saturated heterocycles. The Morgan fingerprint density at radius 1 is 1.62 bits per heavy atom. The van der Waals surface area contributed by atoms with Gasteiger partial charge in [-0.2, -0.15) is 0 Å². The summed E-state index contributed by atoms with van der Waals surface area (Å²) in [5.74, 6) is 0.983. The first-order chi connectivity index (χ1) is 7.66. The Bertz CT molecular complexity index is 378. The number of nitrogens with zero attached hydrogens (tertiary/aromatic N) is 1. The summed E-state index contributed by atoms with van der Waals surface area (Å²) in [6.45, 7) is 4.29. The van der Waals surface area contributed by atoms with E-state index >= 15 is 0 Å². The van der Waals surface area contributed by atoms with Crippen LogP contribution in [-0.4, -0.2) is 29.9 Å². The number of hydrogen-bond acceptors (Lipinski definition) is 3. The molecule has 1 aromatic rings. The van der Waals surface area contributed by atoms with Gasteiger partial charge in [0.2, 0.25) is 5.91 Å². The van der Waals surface area contributed by atoms with Crippen molar-refractivity contribution in [3.8, 4) is 0 Å². The number of rotatable bonds is 2. The van der Waals surface area contributed by atoms with Crippen LogP contribution < -0.4 is 5.32 Å². The maximum absolute atomic E-state index is 11.6. The molecular formula is C11H15BrN2O2. The van der Waals surface area contributed by atoms with Crippen LogP contribution in [0.4, 0.5) is 0 Å². The lowest BCUT2D eigenvalue weighted by molar-refractivity contribution is -0.125. The summed E-state index contributed by atoms with van der Waals surface area (Å²) in [6.07, 6.45) is 0.984. The van der Waals surface area contributed by atoms with E-state index in [9.17, 15) is 4.79 Å². The van der Waals surface area contributed by atoms with Gasteiger partial charge in [0.1, 0.15) is 5.76 Å². The van der Waals surface area contributed by atoms with Crippen LogP contribution in [0.2, 0.25) is 0 Å². The molecule has 2 heterocycles. The van der Waals surface area contributed by atoms with Gasteiger partial charge in [-0.25, -0.2) is 0 Å². The highest BCUT2D eigenvalue weighted by atomic mass is 79.9. The van der Waals surface area contributed by atoms with Gasteiger partial charge in [-0.05, 0) is 41.4 Å². The van der Waals surface area contributed by atoms with E-state index in [1.165, 1.54) is 0 Å². The van der Waals surface area contributed by atoms with E-state index in [1.54, 1.807) is 0 Å². The molecule has 0 spiro atoms. The van der Waals surface area contributed by atoms with E-state index in [1.807, 2.05) is 19.1 Å². The van der Waals surface area contributed by atoms with Crippen molar-refractivity contribution in [3.63, 3.8) is 0 Å². The van der Waals surface area contributed by atoms with E-state index in [0.717, 1.165) is 29.9 Å². The summed E-state index contributed by atoms with van der Waals surface area (Å²) < 4.78 is 6.18. The van der Waals surface area contributed by atoms with Gasteiger partial charge in [0, 0.05) is 13.1 Å².